The maximum absolute atomic E-state index is 11.2. The van der Waals surface area contributed by atoms with Gasteiger partial charge in [-0.3, -0.25) is 15.3 Å². The van der Waals surface area contributed by atoms with Gasteiger partial charge in [0.2, 0.25) is 0 Å². The van der Waals surface area contributed by atoms with E-state index in [1.54, 1.807) is 0 Å². The molecule has 1 aliphatic carbocycles. The van der Waals surface area contributed by atoms with Crippen molar-refractivity contribution in [3.8, 4) is 0 Å². The van der Waals surface area contributed by atoms with E-state index in [9.17, 15) is 9.59 Å². The molecule has 0 atom stereocenters. The highest BCUT2D eigenvalue weighted by Gasteiger charge is 2.26. The minimum absolute atomic E-state index is 0.000278. The Morgan fingerprint density at radius 1 is 1.42 bits per heavy atom. The molecule has 0 aromatic heterocycles. The second kappa shape index (κ2) is 4.21. The second-order valence-electron chi connectivity index (χ2n) is 2.95. The summed E-state index contributed by atoms with van der Waals surface area (Å²) in [6.45, 7) is -0.142. The van der Waals surface area contributed by atoms with E-state index in [0.717, 1.165) is 19.3 Å². The fraction of sp³-hybridized carbons (Fsp3) is 0.750. The van der Waals surface area contributed by atoms with Crippen molar-refractivity contribution in [2.24, 2.45) is 11.7 Å². The molecule has 0 amide bonds. The first-order valence-electron chi connectivity index (χ1n) is 4.12. The maximum atomic E-state index is 11.2. The largest absolute Gasteiger partial charge is 0.450 e. The maximum Gasteiger partial charge on any atom is 0.314 e. The Balaban J connectivity index is 2.20. The molecule has 4 nitrogen and oxygen atoms in total. The minimum Gasteiger partial charge on any atom is -0.450 e. The molecule has 68 valence electrons. The third kappa shape index (κ3) is 2.30. The molecule has 1 saturated carbocycles. The molecule has 0 aromatic rings. The smallest absolute Gasteiger partial charge is 0.314 e. The monoisotopic (exact) mass is 171 g/mol. The molecule has 0 spiro atoms. The van der Waals surface area contributed by atoms with E-state index in [4.69, 9.17) is 5.73 Å². The van der Waals surface area contributed by atoms with Crippen LogP contribution < -0.4 is 5.73 Å². The van der Waals surface area contributed by atoms with Crippen molar-refractivity contribution in [2.75, 3.05) is 6.73 Å². The van der Waals surface area contributed by atoms with E-state index in [0.29, 0.717) is 0 Å². The topological polar surface area (TPSA) is 69.4 Å². The van der Waals surface area contributed by atoms with Gasteiger partial charge in [0.1, 0.15) is 18.9 Å². The molecule has 0 aromatic carbocycles. The van der Waals surface area contributed by atoms with Gasteiger partial charge in [0.15, 0.2) is 0 Å². The van der Waals surface area contributed by atoms with E-state index in [2.05, 4.69) is 4.74 Å². The summed E-state index contributed by atoms with van der Waals surface area (Å²) in [4.78, 5) is 21.9. The molecule has 0 bridgehead atoms. The van der Waals surface area contributed by atoms with Crippen LogP contribution in [0.15, 0.2) is 0 Å². The van der Waals surface area contributed by atoms with E-state index < -0.39 is 5.97 Å². The van der Waals surface area contributed by atoms with Crippen molar-refractivity contribution in [3.63, 3.8) is 0 Å². The number of ether oxygens (including phenoxy) is 1. The molecular weight excluding hydrogens is 158 g/mol. The van der Waals surface area contributed by atoms with Crippen LogP contribution in [0, 0.1) is 5.92 Å². The van der Waals surface area contributed by atoms with Crippen molar-refractivity contribution in [1.29, 1.82) is 0 Å². The van der Waals surface area contributed by atoms with E-state index in [-0.39, 0.29) is 24.9 Å². The van der Waals surface area contributed by atoms with Crippen LogP contribution in [0.1, 0.15) is 25.7 Å². The first-order valence-corrected chi connectivity index (χ1v) is 4.12. The Labute approximate surface area is 71.1 Å². The molecule has 0 radical (unpaired) electrons. The fourth-order valence-corrected chi connectivity index (χ4v) is 1.16. The number of carbonyl (C=O) groups excluding carboxylic acids is 2. The first kappa shape index (κ1) is 9.19. The highest BCUT2D eigenvalue weighted by Crippen LogP contribution is 2.27. The van der Waals surface area contributed by atoms with Gasteiger partial charge < -0.3 is 4.74 Å². The normalized spacial score (nSPS) is 16.8. The summed E-state index contributed by atoms with van der Waals surface area (Å²) in [5.41, 5.74) is 4.97. The summed E-state index contributed by atoms with van der Waals surface area (Å²) < 4.78 is 4.45. The minimum atomic E-state index is -0.505. The van der Waals surface area contributed by atoms with Gasteiger partial charge in [0.25, 0.3) is 0 Å². The number of hydrogen-bond acceptors (Lipinski definition) is 4. The predicted molar refractivity (Wildman–Crippen MR) is 42.1 cm³/mol. The van der Waals surface area contributed by atoms with E-state index in [1.807, 2.05) is 0 Å². The third-order valence-electron chi connectivity index (χ3n) is 2.12. The Morgan fingerprint density at radius 3 is 2.50 bits per heavy atom. The zero-order chi connectivity index (χ0) is 8.97. The zero-order valence-electron chi connectivity index (χ0n) is 6.91. The molecule has 1 rings (SSSR count). The molecule has 1 fully saturated rings. The summed E-state index contributed by atoms with van der Waals surface area (Å²) in [7, 11) is 0. The molecule has 4 heteroatoms. The third-order valence-corrected chi connectivity index (χ3v) is 2.12. The predicted octanol–water partition coefficient (Wildman–Crippen LogP) is 0.205. The summed E-state index contributed by atoms with van der Waals surface area (Å²) in [6.07, 6.45) is 2.84. The van der Waals surface area contributed by atoms with Crippen molar-refractivity contribution >= 4 is 11.8 Å². The molecule has 0 heterocycles. The van der Waals surface area contributed by atoms with E-state index >= 15 is 0 Å². The first-order chi connectivity index (χ1) is 5.74. The van der Waals surface area contributed by atoms with Crippen molar-refractivity contribution in [3.05, 3.63) is 0 Å². The van der Waals surface area contributed by atoms with Crippen LogP contribution in [0.2, 0.25) is 0 Å². The molecule has 2 N–H and O–H groups in total. The Bertz CT molecular complexity index is 187. The fourth-order valence-electron chi connectivity index (χ4n) is 1.16. The molecule has 0 saturated heterocycles. The summed E-state index contributed by atoms with van der Waals surface area (Å²) in [5.74, 6) is -0.399. The van der Waals surface area contributed by atoms with Crippen LogP contribution in [-0.4, -0.2) is 18.5 Å². The van der Waals surface area contributed by atoms with Gasteiger partial charge in [-0.15, -0.1) is 0 Å². The number of rotatable bonds is 4. The van der Waals surface area contributed by atoms with Crippen LogP contribution in [0.3, 0.4) is 0 Å². The average molecular weight is 171 g/mol. The summed E-state index contributed by atoms with van der Waals surface area (Å²) >= 11 is 0. The Morgan fingerprint density at radius 2 is 2.08 bits per heavy atom. The molecule has 0 aliphatic heterocycles. The Hall–Kier alpha value is -0.900. The van der Waals surface area contributed by atoms with Gasteiger partial charge in [-0.25, -0.2) is 0 Å². The molecule has 0 unspecified atom stereocenters. The number of esters is 1. The lowest BCUT2D eigenvalue weighted by molar-refractivity contribution is -0.147. The van der Waals surface area contributed by atoms with Gasteiger partial charge in [-0.2, -0.15) is 0 Å². The van der Waals surface area contributed by atoms with Crippen LogP contribution in [0.4, 0.5) is 0 Å². The number of nitrogens with two attached hydrogens (primary N) is 1. The van der Waals surface area contributed by atoms with Gasteiger partial charge in [-0.1, -0.05) is 6.42 Å². The molecule has 12 heavy (non-hydrogen) atoms. The number of Topliss-reactive ketones (excluding diaryl/α,β-unsaturated/α-hetero) is 1. The summed E-state index contributed by atoms with van der Waals surface area (Å²) in [5, 5.41) is 0. The quantitative estimate of drug-likeness (QED) is 0.373. The number of ketones is 1. The Kier molecular flexibility index (Phi) is 3.22. The summed E-state index contributed by atoms with van der Waals surface area (Å²) in [6, 6.07) is 0. The van der Waals surface area contributed by atoms with Crippen LogP contribution >= 0.6 is 0 Å². The lowest BCUT2D eigenvalue weighted by Gasteiger charge is -2.23. The van der Waals surface area contributed by atoms with Crippen molar-refractivity contribution in [2.45, 2.75) is 25.7 Å². The molecular formula is C8H13NO3. The van der Waals surface area contributed by atoms with Crippen LogP contribution in [0.5, 0.6) is 0 Å². The highest BCUT2D eigenvalue weighted by atomic mass is 16.5. The number of hydrogen-bond donors (Lipinski definition) is 1. The van der Waals surface area contributed by atoms with Gasteiger partial charge in [-0.05, 0) is 12.8 Å². The highest BCUT2D eigenvalue weighted by molar-refractivity contribution is 5.97. The average Bonchev–Trinajstić information content (AvgIpc) is 1.82. The van der Waals surface area contributed by atoms with Gasteiger partial charge >= 0.3 is 5.97 Å². The SMILES string of the molecule is NCOC(=O)CC(=O)C1CCC1. The lowest BCUT2D eigenvalue weighted by atomic mass is 9.81. The van der Waals surface area contributed by atoms with Gasteiger partial charge in [0, 0.05) is 5.92 Å². The van der Waals surface area contributed by atoms with Gasteiger partial charge in [0.05, 0.1) is 0 Å². The van der Waals surface area contributed by atoms with Crippen molar-refractivity contribution < 1.29 is 14.3 Å². The van der Waals surface area contributed by atoms with Crippen LogP contribution in [-0.2, 0) is 14.3 Å². The molecule has 1 aliphatic rings. The lowest BCUT2D eigenvalue weighted by Crippen LogP contribution is -2.25. The number of carbonyl (C=O) groups is 2. The van der Waals surface area contributed by atoms with E-state index in [1.165, 1.54) is 0 Å². The second-order valence-corrected chi connectivity index (χ2v) is 2.95. The standard InChI is InChI=1S/C8H13NO3/c9-5-12-8(11)4-7(10)6-2-1-3-6/h6H,1-5,9H2. The van der Waals surface area contributed by atoms with Crippen LogP contribution in [0.25, 0.3) is 0 Å². The van der Waals surface area contributed by atoms with Crippen molar-refractivity contribution in [1.82, 2.24) is 0 Å². The zero-order valence-corrected chi connectivity index (χ0v) is 6.91.